The number of rotatable bonds is 7. The number of carbonyl (C=O) groups is 1. The summed E-state index contributed by atoms with van der Waals surface area (Å²) in [6.45, 7) is 1.88. The van der Waals surface area contributed by atoms with Crippen LogP contribution in [0, 0.1) is 18.3 Å². The maximum atomic E-state index is 12.5. The normalized spacial score (nSPS) is 10.8. The van der Waals surface area contributed by atoms with Crippen molar-refractivity contribution < 1.29 is 4.79 Å². The van der Waals surface area contributed by atoms with Crippen molar-refractivity contribution in [1.29, 1.82) is 5.26 Å². The van der Waals surface area contributed by atoms with Crippen LogP contribution in [-0.2, 0) is 5.75 Å². The highest BCUT2D eigenvalue weighted by Crippen LogP contribution is 2.32. The molecular weight excluding hydrogens is 434 g/mol. The molecule has 0 aliphatic carbocycles. The summed E-state index contributed by atoms with van der Waals surface area (Å²) in [5, 5.41) is 12.1. The van der Waals surface area contributed by atoms with Gasteiger partial charge in [0.15, 0.2) is 5.13 Å². The van der Waals surface area contributed by atoms with Gasteiger partial charge < -0.3 is 4.40 Å². The average Bonchev–Trinajstić information content (AvgIpc) is 3.33. The molecule has 0 aliphatic rings. The number of amides is 1. The van der Waals surface area contributed by atoms with E-state index in [-0.39, 0.29) is 5.91 Å². The molecule has 0 saturated carbocycles. The quantitative estimate of drug-likeness (QED) is 0.386. The zero-order valence-corrected chi connectivity index (χ0v) is 18.5. The summed E-state index contributed by atoms with van der Waals surface area (Å²) in [7, 11) is 0. The van der Waals surface area contributed by atoms with Crippen LogP contribution in [0.15, 0.2) is 64.0 Å². The molecule has 0 aliphatic heterocycles. The molecule has 4 rings (SSSR count). The molecule has 3 heterocycles. The molecule has 0 bridgehead atoms. The number of nitrogens with one attached hydrogen (secondary N) is 1. The minimum absolute atomic E-state index is 0.197. The van der Waals surface area contributed by atoms with Crippen molar-refractivity contribution in [2.75, 3.05) is 11.1 Å². The van der Waals surface area contributed by atoms with Gasteiger partial charge in [-0.1, -0.05) is 29.2 Å². The molecule has 4 aromatic rings. The van der Waals surface area contributed by atoms with Crippen LogP contribution in [-0.4, -0.2) is 26.0 Å². The molecule has 0 saturated heterocycles. The van der Waals surface area contributed by atoms with E-state index in [1.54, 1.807) is 11.8 Å². The lowest BCUT2D eigenvalue weighted by molar-refractivity contribution is 0.102. The SMILES string of the molecule is Cc1nc(NC(=O)c2ccc(SCc3cn4ccccc4n3)cc2)sc1SCC#N. The third-order valence-electron chi connectivity index (χ3n) is 4.16. The summed E-state index contributed by atoms with van der Waals surface area (Å²) < 4.78 is 2.96. The van der Waals surface area contributed by atoms with Gasteiger partial charge in [-0.3, -0.25) is 10.1 Å². The highest BCUT2D eigenvalue weighted by Gasteiger charge is 2.12. The van der Waals surface area contributed by atoms with Gasteiger partial charge in [-0.2, -0.15) is 5.26 Å². The van der Waals surface area contributed by atoms with Crippen LogP contribution in [0.3, 0.4) is 0 Å². The maximum absolute atomic E-state index is 12.5. The number of pyridine rings is 1. The summed E-state index contributed by atoms with van der Waals surface area (Å²) in [6.07, 6.45) is 4.02. The van der Waals surface area contributed by atoms with E-state index in [0.29, 0.717) is 16.4 Å². The Kier molecular flexibility index (Phi) is 6.38. The highest BCUT2D eigenvalue weighted by atomic mass is 32.2. The molecule has 1 amide bonds. The number of anilines is 1. The molecule has 6 nitrogen and oxygen atoms in total. The Bertz CT molecular complexity index is 1190. The first-order valence-corrected chi connectivity index (χ1v) is 11.8. The van der Waals surface area contributed by atoms with Gasteiger partial charge in [-0.15, -0.1) is 11.8 Å². The van der Waals surface area contributed by atoms with Gasteiger partial charge >= 0.3 is 0 Å². The third kappa shape index (κ3) is 4.84. The number of carbonyl (C=O) groups excluding carboxylic acids is 1. The van der Waals surface area contributed by atoms with Gasteiger partial charge in [0.2, 0.25) is 0 Å². The van der Waals surface area contributed by atoms with E-state index >= 15 is 0 Å². The summed E-state index contributed by atoms with van der Waals surface area (Å²) in [6, 6.07) is 15.5. The van der Waals surface area contributed by atoms with Gasteiger partial charge in [-0.25, -0.2) is 9.97 Å². The van der Waals surface area contributed by atoms with E-state index < -0.39 is 0 Å². The molecule has 0 atom stereocenters. The van der Waals surface area contributed by atoms with Crippen LogP contribution in [0.5, 0.6) is 0 Å². The number of hydrogen-bond acceptors (Lipinski definition) is 7. The van der Waals surface area contributed by atoms with Gasteiger partial charge in [0.25, 0.3) is 5.91 Å². The first kappa shape index (κ1) is 20.5. The molecule has 30 heavy (non-hydrogen) atoms. The number of imidazole rings is 1. The maximum Gasteiger partial charge on any atom is 0.257 e. The molecule has 150 valence electrons. The fraction of sp³-hybridized carbons (Fsp3) is 0.143. The molecule has 0 radical (unpaired) electrons. The standard InChI is InChI=1S/C21H17N5OS3/c1-14-20(28-11-9-22)30-21(23-14)25-19(27)15-5-7-17(8-6-15)29-13-16-12-26-10-3-2-4-18(26)24-16/h2-8,10,12H,11,13H2,1H3,(H,23,25,27). The van der Waals surface area contributed by atoms with Crippen LogP contribution >= 0.6 is 34.9 Å². The van der Waals surface area contributed by atoms with Crippen LogP contribution < -0.4 is 5.32 Å². The number of benzene rings is 1. The molecule has 0 unspecified atom stereocenters. The molecule has 3 aromatic heterocycles. The van der Waals surface area contributed by atoms with E-state index in [2.05, 4.69) is 21.4 Å². The third-order valence-corrected chi connectivity index (χ3v) is 7.51. The second-order valence-corrected chi connectivity index (χ2v) is 9.60. The Hall–Kier alpha value is -2.80. The number of nitriles is 1. The second kappa shape index (κ2) is 9.34. The van der Waals surface area contributed by atoms with Crippen molar-refractivity contribution in [2.24, 2.45) is 0 Å². The molecular formula is C21H17N5OS3. The Morgan fingerprint density at radius 1 is 1.20 bits per heavy atom. The largest absolute Gasteiger partial charge is 0.307 e. The number of thioether (sulfide) groups is 2. The van der Waals surface area contributed by atoms with Crippen LogP contribution in [0.4, 0.5) is 5.13 Å². The van der Waals surface area contributed by atoms with Gasteiger partial charge in [-0.05, 0) is 43.3 Å². The van der Waals surface area contributed by atoms with E-state index in [0.717, 1.165) is 31.9 Å². The topological polar surface area (TPSA) is 83.1 Å². The molecule has 0 fully saturated rings. The highest BCUT2D eigenvalue weighted by molar-refractivity contribution is 8.01. The van der Waals surface area contributed by atoms with Crippen molar-refractivity contribution >= 4 is 51.5 Å². The van der Waals surface area contributed by atoms with Crippen molar-refractivity contribution in [3.8, 4) is 6.07 Å². The zero-order chi connectivity index (χ0) is 20.9. The van der Waals surface area contributed by atoms with Crippen molar-refractivity contribution in [2.45, 2.75) is 21.8 Å². The van der Waals surface area contributed by atoms with Crippen molar-refractivity contribution in [3.63, 3.8) is 0 Å². The number of hydrogen-bond donors (Lipinski definition) is 1. The first-order valence-electron chi connectivity index (χ1n) is 9.06. The summed E-state index contributed by atoms with van der Waals surface area (Å²) in [5.41, 5.74) is 3.35. The number of fused-ring (bicyclic) bond motifs is 1. The van der Waals surface area contributed by atoms with E-state index in [4.69, 9.17) is 5.26 Å². The van der Waals surface area contributed by atoms with E-state index in [1.807, 2.05) is 66.2 Å². The Morgan fingerprint density at radius 2 is 2.03 bits per heavy atom. The van der Waals surface area contributed by atoms with E-state index in [9.17, 15) is 4.79 Å². The lowest BCUT2D eigenvalue weighted by atomic mass is 10.2. The minimum atomic E-state index is -0.197. The average molecular weight is 452 g/mol. The zero-order valence-electron chi connectivity index (χ0n) is 16.0. The van der Waals surface area contributed by atoms with Crippen LogP contribution in [0.25, 0.3) is 5.65 Å². The van der Waals surface area contributed by atoms with Gasteiger partial charge in [0.1, 0.15) is 5.65 Å². The Labute approximate surface area is 186 Å². The van der Waals surface area contributed by atoms with Gasteiger partial charge in [0.05, 0.1) is 27.4 Å². The number of nitrogens with zero attached hydrogens (tertiary/aromatic N) is 4. The predicted molar refractivity (Wildman–Crippen MR) is 122 cm³/mol. The number of aromatic nitrogens is 3. The van der Waals surface area contributed by atoms with Crippen LogP contribution in [0.2, 0.25) is 0 Å². The molecule has 1 N–H and O–H groups in total. The fourth-order valence-electron chi connectivity index (χ4n) is 2.75. The summed E-state index contributed by atoms with van der Waals surface area (Å²) in [5.74, 6) is 0.927. The second-order valence-electron chi connectivity index (χ2n) is 6.30. The monoisotopic (exact) mass is 451 g/mol. The molecule has 1 aromatic carbocycles. The van der Waals surface area contributed by atoms with Crippen molar-refractivity contribution in [3.05, 3.63) is 71.8 Å². The Morgan fingerprint density at radius 3 is 2.80 bits per heavy atom. The lowest BCUT2D eigenvalue weighted by Gasteiger charge is -2.04. The number of thiazole rings is 1. The summed E-state index contributed by atoms with van der Waals surface area (Å²) in [4.78, 5) is 22.6. The molecule has 0 spiro atoms. The first-order chi connectivity index (χ1) is 14.6. The number of aryl methyl sites for hydroxylation is 1. The minimum Gasteiger partial charge on any atom is -0.307 e. The lowest BCUT2D eigenvalue weighted by Crippen LogP contribution is -2.11. The predicted octanol–water partition coefficient (Wildman–Crippen LogP) is 5.26. The fourth-order valence-corrected chi connectivity index (χ4v) is 5.33. The van der Waals surface area contributed by atoms with Crippen molar-refractivity contribution in [1.82, 2.24) is 14.4 Å². The smallest absolute Gasteiger partial charge is 0.257 e. The Balaban J connectivity index is 1.35. The van der Waals surface area contributed by atoms with Gasteiger partial charge in [0, 0.05) is 28.6 Å². The summed E-state index contributed by atoms with van der Waals surface area (Å²) >= 11 is 4.50. The van der Waals surface area contributed by atoms with E-state index in [1.165, 1.54) is 23.1 Å². The molecule has 9 heteroatoms. The van der Waals surface area contributed by atoms with Crippen LogP contribution in [0.1, 0.15) is 21.7 Å².